The normalized spacial score (nSPS) is 13.4. The van der Waals surface area contributed by atoms with E-state index in [1.165, 1.54) is 38.5 Å². The van der Waals surface area contributed by atoms with Crippen molar-refractivity contribution in [3.63, 3.8) is 0 Å². The minimum absolute atomic E-state index is 0.158. The van der Waals surface area contributed by atoms with Gasteiger partial charge in [0.05, 0.1) is 16.7 Å². The number of aromatic nitrogens is 3. The van der Waals surface area contributed by atoms with Gasteiger partial charge in [-0.15, -0.1) is 0 Å². The van der Waals surface area contributed by atoms with E-state index >= 15 is 0 Å². The average molecular weight is 514 g/mol. The summed E-state index contributed by atoms with van der Waals surface area (Å²) in [5, 5.41) is 2.48. The van der Waals surface area contributed by atoms with Crippen LogP contribution in [0.2, 0.25) is 0 Å². The lowest BCUT2D eigenvalue weighted by atomic mass is 9.81. The number of para-hydroxylation sites is 1. The van der Waals surface area contributed by atoms with Crippen LogP contribution >= 0.6 is 0 Å². The number of hydrogen-bond acceptors (Lipinski definition) is 2. The maximum absolute atomic E-state index is 5.25. The number of nitrogens with zero attached hydrogens (tertiary/aromatic N) is 3. The second-order valence-corrected chi connectivity index (χ2v) is 11.1. The lowest BCUT2D eigenvalue weighted by molar-refractivity contribution is 0.663. The van der Waals surface area contributed by atoms with Gasteiger partial charge in [0.1, 0.15) is 5.82 Å². The van der Waals surface area contributed by atoms with Crippen molar-refractivity contribution in [1.82, 2.24) is 14.5 Å². The average Bonchev–Trinajstić information content (AvgIpc) is 3.47. The van der Waals surface area contributed by atoms with Crippen molar-refractivity contribution in [1.29, 1.82) is 0 Å². The Morgan fingerprint density at radius 3 is 2.05 bits per heavy atom. The molecule has 0 N–H and O–H groups in total. The van der Waals surface area contributed by atoms with Crippen molar-refractivity contribution in [2.45, 2.75) is 19.3 Å². The molecule has 0 spiro atoms. The van der Waals surface area contributed by atoms with E-state index in [0.717, 1.165) is 34.0 Å². The summed E-state index contributed by atoms with van der Waals surface area (Å²) in [5.41, 5.74) is 10.5. The van der Waals surface area contributed by atoms with E-state index in [1.54, 1.807) is 0 Å². The van der Waals surface area contributed by atoms with Crippen LogP contribution in [0, 0.1) is 0 Å². The van der Waals surface area contributed by atoms with E-state index in [0.29, 0.717) is 0 Å². The molecule has 5 aromatic carbocycles. The highest BCUT2D eigenvalue weighted by Gasteiger charge is 2.38. The Morgan fingerprint density at radius 1 is 0.575 bits per heavy atom. The molecular formula is C37H27N3. The molecule has 0 atom stereocenters. The number of rotatable bonds is 3. The van der Waals surface area contributed by atoms with Crippen molar-refractivity contribution in [3.8, 4) is 39.6 Å². The van der Waals surface area contributed by atoms with Crippen LogP contribution < -0.4 is 0 Å². The molecular weight excluding hydrogens is 486 g/mol. The molecule has 7 aromatic rings. The van der Waals surface area contributed by atoms with Crippen LogP contribution in [0.3, 0.4) is 0 Å². The van der Waals surface area contributed by atoms with Crippen LogP contribution in [0.5, 0.6) is 0 Å². The molecule has 0 unspecified atom stereocenters. The molecule has 8 rings (SSSR count). The van der Waals surface area contributed by atoms with E-state index in [-0.39, 0.29) is 5.41 Å². The molecule has 0 amide bonds. The molecule has 3 nitrogen and oxygen atoms in total. The summed E-state index contributed by atoms with van der Waals surface area (Å²) in [4.78, 5) is 10.3. The van der Waals surface area contributed by atoms with Gasteiger partial charge in [0.2, 0.25) is 0 Å². The van der Waals surface area contributed by atoms with Gasteiger partial charge in [-0.05, 0) is 28.3 Å². The predicted molar refractivity (Wildman–Crippen MR) is 165 cm³/mol. The van der Waals surface area contributed by atoms with Gasteiger partial charge in [0.25, 0.3) is 0 Å². The third kappa shape index (κ3) is 3.24. The van der Waals surface area contributed by atoms with Crippen LogP contribution in [0.1, 0.15) is 25.0 Å². The van der Waals surface area contributed by atoms with E-state index in [2.05, 4.69) is 122 Å². The SMILES string of the molecule is CC1(C)c2ccccc2-c2ccc3c4ccccc4n(-c4cc(-c5ccccc5)nc(-c5ccccc5)n4)c3c21. The molecule has 0 saturated heterocycles. The Hall–Kier alpha value is -5.02. The Kier molecular flexibility index (Phi) is 4.86. The lowest BCUT2D eigenvalue weighted by Crippen LogP contribution is -2.16. The van der Waals surface area contributed by atoms with Crippen LogP contribution in [0.15, 0.2) is 127 Å². The number of hydrogen-bond donors (Lipinski definition) is 0. The zero-order chi connectivity index (χ0) is 26.8. The summed E-state index contributed by atoms with van der Waals surface area (Å²) in [6, 6.07) is 44.9. The van der Waals surface area contributed by atoms with Crippen molar-refractivity contribution in [3.05, 3.63) is 139 Å². The number of fused-ring (bicyclic) bond motifs is 7. The molecule has 0 radical (unpaired) electrons. The van der Waals surface area contributed by atoms with Crippen LogP contribution in [-0.2, 0) is 5.41 Å². The van der Waals surface area contributed by atoms with Gasteiger partial charge >= 0.3 is 0 Å². The van der Waals surface area contributed by atoms with Gasteiger partial charge in [0.15, 0.2) is 5.82 Å². The van der Waals surface area contributed by atoms with Crippen LogP contribution in [0.4, 0.5) is 0 Å². The van der Waals surface area contributed by atoms with Crippen molar-refractivity contribution < 1.29 is 0 Å². The second kappa shape index (κ2) is 8.49. The summed E-state index contributed by atoms with van der Waals surface area (Å²) in [5.74, 6) is 1.59. The predicted octanol–water partition coefficient (Wildman–Crippen LogP) is 9.21. The van der Waals surface area contributed by atoms with E-state index < -0.39 is 0 Å². The Labute approximate surface area is 233 Å². The van der Waals surface area contributed by atoms with Gasteiger partial charge in [-0.2, -0.15) is 0 Å². The van der Waals surface area contributed by atoms with Crippen LogP contribution in [-0.4, -0.2) is 14.5 Å². The third-order valence-corrected chi connectivity index (χ3v) is 8.40. The summed E-state index contributed by atoms with van der Waals surface area (Å²) in [6.45, 7) is 4.70. The fourth-order valence-corrected chi connectivity index (χ4v) is 6.57. The first-order chi connectivity index (χ1) is 19.6. The summed E-state index contributed by atoms with van der Waals surface area (Å²) in [6.07, 6.45) is 0. The zero-order valence-electron chi connectivity index (χ0n) is 22.5. The molecule has 0 aliphatic heterocycles. The first-order valence-electron chi connectivity index (χ1n) is 13.8. The summed E-state index contributed by atoms with van der Waals surface area (Å²) < 4.78 is 2.37. The minimum Gasteiger partial charge on any atom is -0.293 e. The van der Waals surface area contributed by atoms with Gasteiger partial charge in [0, 0.05) is 33.4 Å². The molecule has 190 valence electrons. The quantitative estimate of drug-likeness (QED) is 0.236. The molecule has 40 heavy (non-hydrogen) atoms. The summed E-state index contributed by atoms with van der Waals surface area (Å²) in [7, 11) is 0. The van der Waals surface area contributed by atoms with E-state index in [4.69, 9.17) is 9.97 Å². The highest BCUT2D eigenvalue weighted by molar-refractivity contribution is 6.13. The zero-order valence-corrected chi connectivity index (χ0v) is 22.5. The molecule has 3 heteroatoms. The van der Waals surface area contributed by atoms with Gasteiger partial charge < -0.3 is 0 Å². The van der Waals surface area contributed by atoms with Gasteiger partial charge in [-0.1, -0.05) is 129 Å². The lowest BCUT2D eigenvalue weighted by Gasteiger charge is -2.23. The second-order valence-electron chi connectivity index (χ2n) is 11.1. The topological polar surface area (TPSA) is 30.7 Å². The highest BCUT2D eigenvalue weighted by atomic mass is 15.1. The first kappa shape index (κ1) is 22.9. The van der Waals surface area contributed by atoms with Crippen molar-refractivity contribution >= 4 is 21.8 Å². The minimum atomic E-state index is -0.158. The fourth-order valence-electron chi connectivity index (χ4n) is 6.57. The standard InChI is InChI=1S/C37H27N3/c1-37(2)30-19-11-9-17-26(30)28-21-22-29-27-18-10-12-20-32(27)40(35(29)34(28)37)33-23-31(24-13-5-3-6-14-24)38-36(39-33)25-15-7-4-8-16-25/h3-23H,1-2H3. The van der Waals surface area contributed by atoms with Crippen molar-refractivity contribution in [2.24, 2.45) is 0 Å². The molecule has 1 aliphatic carbocycles. The monoisotopic (exact) mass is 513 g/mol. The highest BCUT2D eigenvalue weighted by Crippen LogP contribution is 2.52. The van der Waals surface area contributed by atoms with E-state index in [9.17, 15) is 0 Å². The van der Waals surface area contributed by atoms with Crippen molar-refractivity contribution in [2.75, 3.05) is 0 Å². The molecule has 0 bridgehead atoms. The molecule has 2 heterocycles. The molecule has 0 fully saturated rings. The third-order valence-electron chi connectivity index (χ3n) is 8.40. The van der Waals surface area contributed by atoms with Crippen LogP contribution in [0.25, 0.3) is 61.4 Å². The van der Waals surface area contributed by atoms with Gasteiger partial charge in [-0.3, -0.25) is 4.57 Å². The number of benzene rings is 5. The Bertz CT molecular complexity index is 2010. The first-order valence-corrected chi connectivity index (χ1v) is 13.8. The Morgan fingerprint density at radius 2 is 1.25 bits per heavy atom. The summed E-state index contributed by atoms with van der Waals surface area (Å²) >= 11 is 0. The largest absolute Gasteiger partial charge is 0.293 e. The maximum atomic E-state index is 5.25. The molecule has 2 aromatic heterocycles. The van der Waals surface area contributed by atoms with Gasteiger partial charge in [-0.25, -0.2) is 9.97 Å². The molecule has 0 saturated carbocycles. The maximum Gasteiger partial charge on any atom is 0.162 e. The molecule has 1 aliphatic rings. The smallest absolute Gasteiger partial charge is 0.162 e. The fraction of sp³-hybridized carbons (Fsp3) is 0.0811. The van der Waals surface area contributed by atoms with E-state index in [1.807, 2.05) is 24.3 Å². The Balaban J connectivity index is 1.51.